The SMILES string of the molecule is C=CI(OS(=O)(=O)C(F)(F)F)c1ccccc1C. The third-order valence-electron chi connectivity index (χ3n) is 1.85. The second-order valence-corrected chi connectivity index (χ2v) is 9.33. The zero-order chi connectivity index (χ0) is 14.0. The van der Waals surface area contributed by atoms with Crippen LogP contribution >= 0.6 is 20.2 Å². The van der Waals surface area contributed by atoms with Crippen LogP contribution < -0.4 is 0 Å². The predicted molar refractivity (Wildman–Crippen MR) is 70.2 cm³/mol. The van der Waals surface area contributed by atoms with Gasteiger partial charge in [-0.25, -0.2) is 0 Å². The summed E-state index contributed by atoms with van der Waals surface area (Å²) in [5.74, 6) is 0. The van der Waals surface area contributed by atoms with E-state index >= 15 is 0 Å². The van der Waals surface area contributed by atoms with Crippen LogP contribution in [-0.4, -0.2) is 13.9 Å². The van der Waals surface area contributed by atoms with E-state index in [1.807, 2.05) is 0 Å². The van der Waals surface area contributed by atoms with Crippen molar-refractivity contribution in [1.29, 1.82) is 0 Å². The molecule has 0 bridgehead atoms. The summed E-state index contributed by atoms with van der Waals surface area (Å²) in [4.78, 5) is 0. The maximum atomic E-state index is 12.2. The molecule has 0 spiro atoms. The monoisotopic (exact) mass is 394 g/mol. The summed E-state index contributed by atoms with van der Waals surface area (Å²) in [6.45, 7) is 5.03. The Kier molecular flexibility index (Phi) is 4.78. The van der Waals surface area contributed by atoms with Crippen LogP contribution in [0.3, 0.4) is 0 Å². The van der Waals surface area contributed by atoms with Crippen molar-refractivity contribution in [3.05, 3.63) is 44.1 Å². The first kappa shape index (κ1) is 15.4. The van der Waals surface area contributed by atoms with Crippen LogP contribution in [0, 0.1) is 10.5 Å². The molecular weight excluding hydrogens is 384 g/mol. The van der Waals surface area contributed by atoms with Crippen LogP contribution in [0.15, 0.2) is 34.9 Å². The molecule has 1 aromatic carbocycles. The molecule has 18 heavy (non-hydrogen) atoms. The number of benzene rings is 1. The summed E-state index contributed by atoms with van der Waals surface area (Å²) < 4.78 is 64.5. The van der Waals surface area contributed by atoms with E-state index in [2.05, 4.69) is 9.09 Å². The van der Waals surface area contributed by atoms with Crippen molar-refractivity contribution in [2.24, 2.45) is 0 Å². The van der Waals surface area contributed by atoms with Gasteiger partial charge in [0.25, 0.3) is 0 Å². The molecule has 0 saturated heterocycles. The fraction of sp³-hybridized carbons (Fsp3) is 0.200. The Hall–Kier alpha value is -0.610. The number of hydrogen-bond acceptors (Lipinski definition) is 3. The van der Waals surface area contributed by atoms with E-state index < -0.39 is 35.9 Å². The Labute approximate surface area is 111 Å². The van der Waals surface area contributed by atoms with Gasteiger partial charge in [0.2, 0.25) is 0 Å². The van der Waals surface area contributed by atoms with E-state index in [-0.39, 0.29) is 0 Å². The summed E-state index contributed by atoms with van der Waals surface area (Å²) in [6.07, 6.45) is 0. The van der Waals surface area contributed by atoms with Crippen molar-refractivity contribution in [3.8, 4) is 0 Å². The van der Waals surface area contributed by atoms with E-state index in [0.29, 0.717) is 9.13 Å². The normalized spacial score (nSPS) is 13.2. The second-order valence-electron chi connectivity index (χ2n) is 3.14. The molecule has 0 aliphatic rings. The molecule has 0 N–H and O–H groups in total. The van der Waals surface area contributed by atoms with Gasteiger partial charge in [-0.05, 0) is 0 Å². The van der Waals surface area contributed by atoms with Crippen LogP contribution in [0.5, 0.6) is 0 Å². The van der Waals surface area contributed by atoms with Gasteiger partial charge >= 0.3 is 111 Å². The molecular formula is C10H10F3IO3S. The summed E-state index contributed by atoms with van der Waals surface area (Å²) in [7, 11) is -5.58. The van der Waals surface area contributed by atoms with Gasteiger partial charge in [-0.1, -0.05) is 0 Å². The summed E-state index contributed by atoms with van der Waals surface area (Å²) >= 11 is -3.07. The maximum absolute atomic E-state index is 12.2. The summed E-state index contributed by atoms with van der Waals surface area (Å²) in [6, 6.07) is 6.54. The first-order valence-electron chi connectivity index (χ1n) is 4.57. The van der Waals surface area contributed by atoms with Gasteiger partial charge in [-0.15, -0.1) is 0 Å². The van der Waals surface area contributed by atoms with Crippen molar-refractivity contribution in [1.82, 2.24) is 0 Å². The molecule has 0 amide bonds. The molecule has 0 atom stereocenters. The summed E-state index contributed by atoms with van der Waals surface area (Å²) in [5, 5.41) is 0. The molecule has 0 saturated carbocycles. The molecule has 0 aliphatic heterocycles. The van der Waals surface area contributed by atoms with Gasteiger partial charge in [0.05, 0.1) is 0 Å². The van der Waals surface area contributed by atoms with Gasteiger partial charge in [-0.3, -0.25) is 0 Å². The predicted octanol–water partition coefficient (Wildman–Crippen LogP) is 3.60. The van der Waals surface area contributed by atoms with Crippen molar-refractivity contribution in [2.45, 2.75) is 12.4 Å². The third-order valence-corrected chi connectivity index (χ3v) is 8.46. The van der Waals surface area contributed by atoms with Crippen molar-refractivity contribution in [2.75, 3.05) is 0 Å². The number of rotatable bonds is 4. The molecule has 102 valence electrons. The Morgan fingerprint density at radius 1 is 1.33 bits per heavy atom. The second kappa shape index (κ2) is 5.57. The van der Waals surface area contributed by atoms with E-state index in [4.69, 9.17) is 0 Å². The zero-order valence-electron chi connectivity index (χ0n) is 9.24. The number of halogens is 4. The third kappa shape index (κ3) is 3.45. The molecule has 0 unspecified atom stereocenters. The zero-order valence-corrected chi connectivity index (χ0v) is 12.2. The Morgan fingerprint density at radius 2 is 1.89 bits per heavy atom. The average molecular weight is 394 g/mol. The molecule has 0 aliphatic carbocycles. The van der Waals surface area contributed by atoms with Crippen LogP contribution in [0.2, 0.25) is 0 Å². The molecule has 1 aromatic rings. The first-order valence-corrected chi connectivity index (χ1v) is 9.18. The minimum atomic E-state index is -5.58. The standard InChI is InChI=1S/C10H10F3IO3S/c1-3-14(9-7-5-4-6-8(9)2)17-18(15,16)10(11,12)13/h3-7H,1H2,2H3. The van der Waals surface area contributed by atoms with E-state index in [0.717, 1.165) is 4.08 Å². The molecule has 1 rings (SSSR count). The fourth-order valence-electron chi connectivity index (χ4n) is 1.03. The topological polar surface area (TPSA) is 43.4 Å². The summed E-state index contributed by atoms with van der Waals surface area (Å²) in [5.41, 5.74) is -4.73. The Bertz CT molecular complexity index is 540. The molecule has 0 fully saturated rings. The number of hydrogen-bond donors (Lipinski definition) is 0. The quantitative estimate of drug-likeness (QED) is 0.579. The van der Waals surface area contributed by atoms with Crippen LogP contribution in [0.25, 0.3) is 0 Å². The van der Waals surface area contributed by atoms with Gasteiger partial charge in [0.1, 0.15) is 0 Å². The molecule has 3 nitrogen and oxygen atoms in total. The van der Waals surface area contributed by atoms with Crippen LogP contribution in [-0.2, 0) is 12.6 Å². The van der Waals surface area contributed by atoms with Gasteiger partial charge in [-0.2, -0.15) is 0 Å². The number of alkyl halides is 3. The van der Waals surface area contributed by atoms with Gasteiger partial charge in [0, 0.05) is 0 Å². The first-order chi connectivity index (χ1) is 8.19. The van der Waals surface area contributed by atoms with E-state index in [9.17, 15) is 21.6 Å². The molecule has 0 aromatic heterocycles. The Balaban J connectivity index is 3.09. The van der Waals surface area contributed by atoms with E-state index in [1.54, 1.807) is 31.2 Å². The van der Waals surface area contributed by atoms with Crippen LogP contribution in [0.1, 0.15) is 5.56 Å². The molecule has 0 heterocycles. The van der Waals surface area contributed by atoms with E-state index in [1.165, 1.54) is 0 Å². The molecule has 8 heteroatoms. The Morgan fingerprint density at radius 3 is 2.33 bits per heavy atom. The number of aryl methyl sites for hydroxylation is 1. The fourth-order valence-corrected chi connectivity index (χ4v) is 6.62. The van der Waals surface area contributed by atoms with Crippen molar-refractivity contribution >= 4 is 30.4 Å². The van der Waals surface area contributed by atoms with Crippen molar-refractivity contribution < 1.29 is 24.1 Å². The van der Waals surface area contributed by atoms with Crippen molar-refractivity contribution in [3.63, 3.8) is 0 Å². The van der Waals surface area contributed by atoms with Gasteiger partial charge < -0.3 is 0 Å². The van der Waals surface area contributed by atoms with Crippen LogP contribution in [0.4, 0.5) is 13.2 Å². The molecule has 0 radical (unpaired) electrons. The van der Waals surface area contributed by atoms with Gasteiger partial charge in [0.15, 0.2) is 0 Å². The minimum absolute atomic E-state index is 0.476. The average Bonchev–Trinajstić information content (AvgIpc) is 2.25.